The Bertz CT molecular complexity index is 482. The van der Waals surface area contributed by atoms with E-state index in [1.165, 1.54) is 16.7 Å². The molecule has 1 aliphatic rings. The summed E-state index contributed by atoms with van der Waals surface area (Å²) in [6.07, 6.45) is 0.636. The van der Waals surface area contributed by atoms with Gasteiger partial charge < -0.3 is 10.4 Å². The van der Waals surface area contributed by atoms with Gasteiger partial charge >= 0.3 is 12.0 Å². The van der Waals surface area contributed by atoms with Crippen molar-refractivity contribution < 1.29 is 23.1 Å². The standard InChI is InChI=1S/C11H21N3O5S2/c1-3-9-14(8(7-20-9)10(15)16)11(17)12-5-6-21(18,19)13-4-2/h8-9,13H,3-7H2,1-2H3,(H,12,17)(H,15,16). The number of thioether (sulfide) groups is 1. The van der Waals surface area contributed by atoms with Gasteiger partial charge in [0.2, 0.25) is 10.0 Å². The molecule has 2 atom stereocenters. The summed E-state index contributed by atoms with van der Waals surface area (Å²) in [5.41, 5.74) is 0. The first-order valence-corrected chi connectivity index (χ1v) is 9.40. The number of urea groups is 1. The first kappa shape index (κ1) is 18.1. The number of carboxylic acid groups (broad SMARTS) is 1. The SMILES string of the molecule is CCNS(=O)(=O)CCNC(=O)N1C(CC)SCC1C(=O)O. The minimum absolute atomic E-state index is 0.0574. The summed E-state index contributed by atoms with van der Waals surface area (Å²) < 4.78 is 25.2. The van der Waals surface area contributed by atoms with Crippen LogP contribution in [0.25, 0.3) is 0 Å². The Kier molecular flexibility index (Phi) is 6.75. The van der Waals surface area contributed by atoms with Crippen molar-refractivity contribution in [3.05, 3.63) is 0 Å². The van der Waals surface area contributed by atoms with Crippen LogP contribution in [0.3, 0.4) is 0 Å². The van der Waals surface area contributed by atoms with Gasteiger partial charge in [0.05, 0.1) is 11.1 Å². The Morgan fingerprint density at radius 2 is 2.05 bits per heavy atom. The van der Waals surface area contributed by atoms with E-state index in [-0.39, 0.29) is 24.2 Å². The second-order valence-electron chi connectivity index (χ2n) is 4.51. The van der Waals surface area contributed by atoms with E-state index in [1.807, 2.05) is 6.92 Å². The molecule has 0 spiro atoms. The molecule has 0 radical (unpaired) electrons. The van der Waals surface area contributed by atoms with Gasteiger partial charge in [-0.25, -0.2) is 22.7 Å². The van der Waals surface area contributed by atoms with Crippen molar-refractivity contribution in [2.24, 2.45) is 0 Å². The topological polar surface area (TPSA) is 116 Å². The lowest BCUT2D eigenvalue weighted by atomic mass is 10.3. The molecule has 10 heteroatoms. The second kappa shape index (κ2) is 7.85. The van der Waals surface area contributed by atoms with E-state index in [0.717, 1.165) is 0 Å². The summed E-state index contributed by atoms with van der Waals surface area (Å²) in [5.74, 6) is -0.937. The fraction of sp³-hybridized carbons (Fsp3) is 0.818. The summed E-state index contributed by atoms with van der Waals surface area (Å²) in [6, 6.07) is -1.41. The summed E-state index contributed by atoms with van der Waals surface area (Å²) in [4.78, 5) is 24.5. The van der Waals surface area contributed by atoms with Crippen molar-refractivity contribution in [2.75, 3.05) is 24.6 Å². The molecule has 21 heavy (non-hydrogen) atoms. The van der Waals surface area contributed by atoms with Crippen LogP contribution in [0.4, 0.5) is 4.79 Å². The zero-order chi connectivity index (χ0) is 16.0. The molecular formula is C11H21N3O5S2. The third-order valence-electron chi connectivity index (χ3n) is 2.97. The Morgan fingerprint density at radius 1 is 1.38 bits per heavy atom. The van der Waals surface area contributed by atoms with Crippen LogP contribution in [0.5, 0.6) is 0 Å². The predicted molar refractivity (Wildman–Crippen MR) is 80.7 cm³/mol. The van der Waals surface area contributed by atoms with E-state index in [1.54, 1.807) is 6.92 Å². The number of carbonyl (C=O) groups excluding carboxylic acids is 1. The zero-order valence-electron chi connectivity index (χ0n) is 12.0. The van der Waals surface area contributed by atoms with Crippen molar-refractivity contribution in [2.45, 2.75) is 31.7 Å². The zero-order valence-corrected chi connectivity index (χ0v) is 13.7. The number of nitrogens with one attached hydrogen (secondary N) is 2. The van der Waals surface area contributed by atoms with E-state index in [4.69, 9.17) is 5.11 Å². The summed E-state index contributed by atoms with van der Waals surface area (Å²) in [5, 5.41) is 11.4. The van der Waals surface area contributed by atoms with E-state index in [2.05, 4.69) is 10.0 Å². The summed E-state index contributed by atoms with van der Waals surface area (Å²) >= 11 is 1.42. The number of nitrogens with zero attached hydrogens (tertiary/aromatic N) is 1. The van der Waals surface area contributed by atoms with Crippen molar-refractivity contribution in [3.63, 3.8) is 0 Å². The van der Waals surface area contributed by atoms with Crippen LogP contribution in [0.1, 0.15) is 20.3 Å². The normalized spacial score (nSPS) is 22.3. The smallest absolute Gasteiger partial charge is 0.327 e. The monoisotopic (exact) mass is 339 g/mol. The van der Waals surface area contributed by atoms with Gasteiger partial charge in [0.1, 0.15) is 6.04 Å². The van der Waals surface area contributed by atoms with E-state index in [9.17, 15) is 18.0 Å². The minimum Gasteiger partial charge on any atom is -0.480 e. The Labute approximate surface area is 128 Å². The van der Waals surface area contributed by atoms with Gasteiger partial charge in [-0.2, -0.15) is 0 Å². The van der Waals surface area contributed by atoms with Gasteiger partial charge in [-0.15, -0.1) is 11.8 Å². The lowest BCUT2D eigenvalue weighted by Gasteiger charge is -2.26. The Balaban J connectivity index is 2.58. The fourth-order valence-electron chi connectivity index (χ4n) is 2.02. The first-order chi connectivity index (χ1) is 9.82. The quantitative estimate of drug-likeness (QED) is 0.595. The molecule has 0 aromatic rings. The largest absolute Gasteiger partial charge is 0.480 e. The number of aliphatic carboxylic acids is 1. The molecule has 1 heterocycles. The highest BCUT2D eigenvalue weighted by atomic mass is 32.2. The Hall–Kier alpha value is -1.00. The molecule has 1 aliphatic heterocycles. The van der Waals surface area contributed by atoms with Gasteiger partial charge in [-0.1, -0.05) is 13.8 Å². The number of hydrogen-bond acceptors (Lipinski definition) is 5. The molecular weight excluding hydrogens is 318 g/mol. The molecule has 1 rings (SSSR count). The molecule has 0 bridgehead atoms. The fourth-order valence-corrected chi connectivity index (χ4v) is 4.32. The van der Waals surface area contributed by atoms with Crippen LogP contribution in [0.15, 0.2) is 0 Å². The van der Waals surface area contributed by atoms with Crippen molar-refractivity contribution >= 4 is 33.8 Å². The number of hydrogen-bond donors (Lipinski definition) is 3. The third-order valence-corrected chi connectivity index (χ3v) is 5.90. The molecule has 2 unspecified atom stereocenters. The van der Waals surface area contributed by atoms with Crippen LogP contribution in [0.2, 0.25) is 0 Å². The maximum Gasteiger partial charge on any atom is 0.327 e. The predicted octanol–water partition coefficient (Wildman–Crippen LogP) is -0.127. The number of sulfonamides is 1. The minimum atomic E-state index is -3.40. The molecule has 1 saturated heterocycles. The maximum atomic E-state index is 12.1. The van der Waals surface area contributed by atoms with Crippen LogP contribution >= 0.6 is 11.8 Å². The van der Waals surface area contributed by atoms with Crippen LogP contribution in [-0.4, -0.2) is 66.4 Å². The molecule has 2 amide bonds. The van der Waals surface area contributed by atoms with Crippen molar-refractivity contribution in [3.8, 4) is 0 Å². The van der Waals surface area contributed by atoms with Crippen molar-refractivity contribution in [1.82, 2.24) is 14.9 Å². The number of carbonyl (C=O) groups is 2. The van der Waals surface area contributed by atoms with Gasteiger partial charge in [0.15, 0.2) is 0 Å². The maximum absolute atomic E-state index is 12.1. The highest BCUT2D eigenvalue weighted by Gasteiger charge is 2.40. The average molecular weight is 339 g/mol. The van der Waals surface area contributed by atoms with Gasteiger partial charge in [-0.3, -0.25) is 4.90 Å². The second-order valence-corrected chi connectivity index (χ2v) is 7.64. The molecule has 122 valence electrons. The number of amides is 2. The Morgan fingerprint density at radius 3 is 2.57 bits per heavy atom. The van der Waals surface area contributed by atoms with Crippen LogP contribution in [0, 0.1) is 0 Å². The molecule has 3 N–H and O–H groups in total. The highest BCUT2D eigenvalue weighted by Crippen LogP contribution is 2.31. The molecule has 0 aliphatic carbocycles. The summed E-state index contributed by atoms with van der Waals surface area (Å²) in [7, 11) is -3.40. The van der Waals surface area contributed by atoms with E-state index in [0.29, 0.717) is 12.2 Å². The lowest BCUT2D eigenvalue weighted by Crippen LogP contribution is -2.51. The highest BCUT2D eigenvalue weighted by molar-refractivity contribution is 8.00. The molecule has 0 aromatic carbocycles. The molecule has 8 nitrogen and oxygen atoms in total. The number of rotatable bonds is 7. The van der Waals surface area contributed by atoms with Crippen molar-refractivity contribution in [1.29, 1.82) is 0 Å². The average Bonchev–Trinajstić information content (AvgIpc) is 2.82. The molecule has 0 aromatic heterocycles. The van der Waals surface area contributed by atoms with Gasteiger partial charge in [0, 0.05) is 18.8 Å². The molecule has 1 fully saturated rings. The molecule has 0 saturated carbocycles. The van der Waals surface area contributed by atoms with Gasteiger partial charge in [0.25, 0.3) is 0 Å². The lowest BCUT2D eigenvalue weighted by molar-refractivity contribution is -0.141. The van der Waals surface area contributed by atoms with Crippen LogP contribution in [-0.2, 0) is 14.8 Å². The number of carboxylic acids is 1. The third kappa shape index (κ3) is 5.04. The summed E-state index contributed by atoms with van der Waals surface area (Å²) in [6.45, 7) is 3.77. The van der Waals surface area contributed by atoms with Gasteiger partial charge in [-0.05, 0) is 6.42 Å². The van der Waals surface area contributed by atoms with E-state index >= 15 is 0 Å². The van der Waals surface area contributed by atoms with Crippen LogP contribution < -0.4 is 10.0 Å². The first-order valence-electron chi connectivity index (χ1n) is 6.70. The van der Waals surface area contributed by atoms with E-state index < -0.39 is 28.1 Å².